The number of aryl methyl sites for hydroxylation is 3. The minimum Gasteiger partial charge on any atom is -0.467 e. The second-order valence-corrected chi connectivity index (χ2v) is 7.53. The Balaban J connectivity index is 2.14. The number of carbonyl (C=O) groups is 2. The van der Waals surface area contributed by atoms with Gasteiger partial charge in [-0.25, -0.2) is 4.79 Å². The van der Waals surface area contributed by atoms with Crippen molar-refractivity contribution in [2.45, 2.75) is 71.8 Å². The molecule has 138 valence electrons. The number of benzene rings is 1. The van der Waals surface area contributed by atoms with Crippen molar-refractivity contribution in [2.24, 2.45) is 5.92 Å². The highest BCUT2D eigenvalue weighted by Gasteiger charge is 2.43. The van der Waals surface area contributed by atoms with Gasteiger partial charge < -0.3 is 10.1 Å². The Morgan fingerprint density at radius 1 is 1.16 bits per heavy atom. The first-order chi connectivity index (χ1) is 11.8. The van der Waals surface area contributed by atoms with Gasteiger partial charge in [0.2, 0.25) is 5.91 Å². The molecule has 1 aliphatic carbocycles. The van der Waals surface area contributed by atoms with E-state index in [2.05, 4.69) is 31.3 Å². The van der Waals surface area contributed by atoms with E-state index in [9.17, 15) is 9.59 Å². The fraction of sp³-hybridized carbons (Fsp3) is 0.619. The van der Waals surface area contributed by atoms with Crippen LogP contribution in [0.2, 0.25) is 0 Å². The molecule has 1 N–H and O–H groups in total. The van der Waals surface area contributed by atoms with Crippen LogP contribution in [-0.4, -0.2) is 24.5 Å². The van der Waals surface area contributed by atoms with Crippen LogP contribution in [0, 0.1) is 26.7 Å². The molecule has 1 aromatic carbocycles. The van der Waals surface area contributed by atoms with Gasteiger partial charge in [0.1, 0.15) is 5.54 Å². The van der Waals surface area contributed by atoms with Crippen LogP contribution in [0.4, 0.5) is 0 Å². The van der Waals surface area contributed by atoms with E-state index in [4.69, 9.17) is 4.74 Å². The molecule has 0 aromatic heterocycles. The van der Waals surface area contributed by atoms with Crippen molar-refractivity contribution in [3.63, 3.8) is 0 Å². The molecule has 0 spiro atoms. The van der Waals surface area contributed by atoms with E-state index >= 15 is 0 Å². The first-order valence-corrected chi connectivity index (χ1v) is 9.27. The normalized spacial score (nSPS) is 23.2. The topological polar surface area (TPSA) is 55.4 Å². The van der Waals surface area contributed by atoms with E-state index < -0.39 is 5.54 Å². The highest BCUT2D eigenvalue weighted by molar-refractivity contribution is 5.89. The fourth-order valence-electron chi connectivity index (χ4n) is 4.11. The van der Waals surface area contributed by atoms with Crippen molar-refractivity contribution in [3.05, 3.63) is 34.4 Å². The Hall–Kier alpha value is -1.84. The lowest BCUT2D eigenvalue weighted by Crippen LogP contribution is -2.57. The number of methoxy groups -OCH3 is 1. The molecule has 0 bridgehead atoms. The molecule has 1 aliphatic rings. The summed E-state index contributed by atoms with van der Waals surface area (Å²) in [7, 11) is 1.40. The van der Waals surface area contributed by atoms with Gasteiger partial charge in [0.25, 0.3) is 0 Å². The van der Waals surface area contributed by atoms with Gasteiger partial charge in [-0.15, -0.1) is 0 Å². The molecular formula is C21H31NO3. The summed E-state index contributed by atoms with van der Waals surface area (Å²) in [6.45, 7) is 8.30. The average Bonchev–Trinajstić information content (AvgIpc) is 2.58. The third-order valence-corrected chi connectivity index (χ3v) is 5.67. The first-order valence-electron chi connectivity index (χ1n) is 9.27. The number of nitrogens with one attached hydrogen (secondary N) is 1. The lowest BCUT2D eigenvalue weighted by atomic mass is 9.75. The zero-order chi connectivity index (χ0) is 18.6. The van der Waals surface area contributed by atoms with Gasteiger partial charge in [0.15, 0.2) is 0 Å². The molecule has 0 heterocycles. The van der Waals surface area contributed by atoms with Gasteiger partial charge >= 0.3 is 5.97 Å². The summed E-state index contributed by atoms with van der Waals surface area (Å²) < 4.78 is 5.02. The maximum absolute atomic E-state index is 12.7. The molecule has 0 radical (unpaired) electrons. The monoisotopic (exact) mass is 345 g/mol. The van der Waals surface area contributed by atoms with Crippen LogP contribution in [0.5, 0.6) is 0 Å². The maximum Gasteiger partial charge on any atom is 0.331 e. The van der Waals surface area contributed by atoms with Crippen LogP contribution >= 0.6 is 0 Å². The molecule has 0 saturated heterocycles. The van der Waals surface area contributed by atoms with E-state index in [0.717, 1.165) is 36.0 Å². The summed E-state index contributed by atoms with van der Waals surface area (Å²) >= 11 is 0. The molecule has 0 unspecified atom stereocenters. The summed E-state index contributed by atoms with van der Waals surface area (Å²) in [5.41, 5.74) is 3.63. The maximum atomic E-state index is 12.7. The van der Waals surface area contributed by atoms with E-state index in [1.54, 1.807) is 0 Å². The molecule has 1 fully saturated rings. The van der Waals surface area contributed by atoms with Crippen LogP contribution in [-0.2, 0) is 20.7 Å². The predicted octanol–water partition coefficient (Wildman–Crippen LogP) is 3.78. The Bertz CT molecular complexity index is 620. The number of carbonyl (C=O) groups excluding carboxylic acids is 2. The van der Waals surface area contributed by atoms with Gasteiger partial charge in [-0.1, -0.05) is 31.0 Å². The minimum atomic E-state index is -0.857. The second-order valence-electron chi connectivity index (χ2n) is 7.53. The summed E-state index contributed by atoms with van der Waals surface area (Å²) in [5, 5.41) is 3.03. The average molecular weight is 345 g/mol. The van der Waals surface area contributed by atoms with Crippen molar-refractivity contribution in [1.82, 2.24) is 5.32 Å². The number of hydrogen-bond donors (Lipinski definition) is 1. The lowest BCUT2D eigenvalue weighted by molar-refractivity contribution is -0.153. The van der Waals surface area contributed by atoms with Gasteiger partial charge in [-0.2, -0.15) is 0 Å². The first kappa shape index (κ1) is 19.5. The van der Waals surface area contributed by atoms with Crippen molar-refractivity contribution in [1.29, 1.82) is 0 Å². The lowest BCUT2D eigenvalue weighted by Gasteiger charge is -2.38. The fourth-order valence-corrected chi connectivity index (χ4v) is 4.11. The molecule has 0 atom stereocenters. The standard InChI is InChI=1S/C21H31NO3/c1-6-17-7-9-21(10-8-17,20(24)25-5)22-19(23)13-18-15(3)11-14(2)12-16(18)4/h11-12,17H,6-10,13H2,1-5H3,(H,22,23). The molecule has 0 aliphatic heterocycles. The summed E-state index contributed by atoms with van der Waals surface area (Å²) in [4.78, 5) is 25.1. The Morgan fingerprint density at radius 3 is 2.20 bits per heavy atom. The van der Waals surface area contributed by atoms with Gasteiger partial charge in [-0.3, -0.25) is 4.79 Å². The largest absolute Gasteiger partial charge is 0.467 e. The SMILES string of the molecule is CCC1CCC(NC(=O)Cc2c(C)cc(C)cc2C)(C(=O)OC)CC1. The third-order valence-electron chi connectivity index (χ3n) is 5.67. The van der Waals surface area contributed by atoms with Crippen LogP contribution in [0.1, 0.15) is 61.3 Å². The summed E-state index contributed by atoms with van der Waals surface area (Å²) in [5.74, 6) is 0.222. The van der Waals surface area contributed by atoms with Crippen LogP contribution in [0.25, 0.3) is 0 Å². The van der Waals surface area contributed by atoms with Gasteiger partial charge in [-0.05, 0) is 69.1 Å². The summed E-state index contributed by atoms with van der Waals surface area (Å²) in [6, 6.07) is 4.19. The van der Waals surface area contributed by atoms with E-state index in [-0.39, 0.29) is 11.9 Å². The van der Waals surface area contributed by atoms with Gasteiger partial charge in [0, 0.05) is 0 Å². The zero-order valence-corrected chi connectivity index (χ0v) is 16.2. The highest BCUT2D eigenvalue weighted by atomic mass is 16.5. The van der Waals surface area contributed by atoms with Crippen molar-refractivity contribution in [3.8, 4) is 0 Å². The summed E-state index contributed by atoms with van der Waals surface area (Å²) in [6.07, 6.45) is 4.65. The van der Waals surface area contributed by atoms with E-state index in [0.29, 0.717) is 25.2 Å². The Morgan fingerprint density at radius 2 is 1.72 bits per heavy atom. The molecule has 1 amide bonds. The number of amides is 1. The number of ether oxygens (including phenoxy) is 1. The Labute approximate surface area is 151 Å². The molecule has 4 nitrogen and oxygen atoms in total. The van der Waals surface area contributed by atoms with Crippen LogP contribution in [0.15, 0.2) is 12.1 Å². The molecule has 25 heavy (non-hydrogen) atoms. The van der Waals surface area contributed by atoms with E-state index in [1.165, 1.54) is 12.7 Å². The van der Waals surface area contributed by atoms with E-state index in [1.807, 2.05) is 13.8 Å². The van der Waals surface area contributed by atoms with Gasteiger partial charge in [0.05, 0.1) is 13.5 Å². The predicted molar refractivity (Wildman–Crippen MR) is 99.5 cm³/mol. The van der Waals surface area contributed by atoms with Crippen molar-refractivity contribution in [2.75, 3.05) is 7.11 Å². The van der Waals surface area contributed by atoms with Crippen LogP contribution in [0.3, 0.4) is 0 Å². The van der Waals surface area contributed by atoms with Crippen molar-refractivity contribution >= 4 is 11.9 Å². The Kier molecular flexibility index (Phi) is 6.26. The molecule has 1 saturated carbocycles. The number of esters is 1. The number of rotatable bonds is 5. The third kappa shape index (κ3) is 4.42. The minimum absolute atomic E-state index is 0.101. The number of hydrogen-bond acceptors (Lipinski definition) is 3. The zero-order valence-electron chi connectivity index (χ0n) is 16.2. The highest BCUT2D eigenvalue weighted by Crippen LogP contribution is 2.34. The molecule has 2 rings (SSSR count). The molecular weight excluding hydrogens is 314 g/mol. The quantitative estimate of drug-likeness (QED) is 0.826. The second kappa shape index (κ2) is 8.03. The molecule has 4 heteroatoms. The van der Waals surface area contributed by atoms with Crippen molar-refractivity contribution < 1.29 is 14.3 Å². The van der Waals surface area contributed by atoms with Crippen LogP contribution < -0.4 is 5.32 Å². The molecule has 1 aromatic rings. The smallest absolute Gasteiger partial charge is 0.331 e.